The summed E-state index contributed by atoms with van der Waals surface area (Å²) >= 11 is 3.54. The Bertz CT molecular complexity index is 1180. The number of carbonyl (C=O) groups excluding carboxylic acids is 2. The van der Waals surface area contributed by atoms with E-state index in [2.05, 4.69) is 35.1 Å². The van der Waals surface area contributed by atoms with Gasteiger partial charge in [0, 0.05) is 19.0 Å². The number of rotatable bonds is 11. The Labute approximate surface area is 227 Å². The van der Waals surface area contributed by atoms with E-state index in [1.165, 1.54) is 17.0 Å². The van der Waals surface area contributed by atoms with Crippen LogP contribution in [0.2, 0.25) is 0 Å². The molecule has 196 valence electrons. The summed E-state index contributed by atoms with van der Waals surface area (Å²) in [4.78, 5) is 28.5. The van der Waals surface area contributed by atoms with Crippen LogP contribution in [0.1, 0.15) is 50.3 Å². The Hall–Kier alpha value is -3.19. The highest BCUT2D eigenvalue weighted by atomic mass is 79.9. The smallest absolute Gasteiger partial charge is 0.261 e. The van der Waals surface area contributed by atoms with Crippen molar-refractivity contribution in [1.82, 2.24) is 10.2 Å². The maximum absolute atomic E-state index is 13.6. The van der Waals surface area contributed by atoms with Gasteiger partial charge in [0.15, 0.2) is 6.61 Å². The van der Waals surface area contributed by atoms with Crippen LogP contribution in [-0.2, 0) is 22.6 Å². The van der Waals surface area contributed by atoms with Gasteiger partial charge in [-0.25, -0.2) is 4.39 Å². The first-order valence-corrected chi connectivity index (χ1v) is 13.2. The highest BCUT2D eigenvalue weighted by molar-refractivity contribution is 9.10. The molecule has 0 radical (unpaired) electrons. The zero-order valence-electron chi connectivity index (χ0n) is 21.7. The molecule has 1 atom stereocenters. The molecule has 0 aliphatic heterocycles. The lowest BCUT2D eigenvalue weighted by Crippen LogP contribution is -2.52. The summed E-state index contributed by atoms with van der Waals surface area (Å²) in [5, 5.41) is 2.95. The van der Waals surface area contributed by atoms with E-state index in [4.69, 9.17) is 4.74 Å². The number of carbonyl (C=O) groups is 2. The highest BCUT2D eigenvalue weighted by Gasteiger charge is 2.31. The second-order valence-electron chi connectivity index (χ2n) is 9.65. The van der Waals surface area contributed by atoms with E-state index < -0.39 is 6.04 Å². The lowest BCUT2D eigenvalue weighted by molar-refractivity contribution is -0.143. The van der Waals surface area contributed by atoms with Gasteiger partial charge in [0.05, 0.1) is 4.47 Å². The zero-order chi connectivity index (χ0) is 26.9. The first-order chi connectivity index (χ1) is 17.6. The fourth-order valence-electron chi connectivity index (χ4n) is 3.94. The molecule has 0 saturated heterocycles. The van der Waals surface area contributed by atoms with Crippen LogP contribution in [0.4, 0.5) is 4.39 Å². The molecule has 3 aromatic carbocycles. The molecule has 0 aliphatic rings. The summed E-state index contributed by atoms with van der Waals surface area (Å²) in [5.74, 6) is -0.0547. The summed E-state index contributed by atoms with van der Waals surface area (Å²) in [7, 11) is 0. The minimum Gasteiger partial charge on any atom is -0.483 e. The third-order valence-electron chi connectivity index (χ3n) is 5.94. The number of hydrogen-bond donors (Lipinski definition) is 1. The van der Waals surface area contributed by atoms with Crippen molar-refractivity contribution in [3.05, 3.63) is 99.8 Å². The van der Waals surface area contributed by atoms with E-state index >= 15 is 0 Å². The Morgan fingerprint density at radius 2 is 1.62 bits per heavy atom. The third-order valence-corrected chi connectivity index (χ3v) is 6.56. The SMILES string of the molecule is CC(C)NC(=O)[C@H](Cc1ccccc1)N(Cc1ccc(F)cc1)C(=O)COc1ccc(C(C)C)cc1Br. The summed E-state index contributed by atoms with van der Waals surface area (Å²) < 4.78 is 20.2. The van der Waals surface area contributed by atoms with E-state index in [1.54, 1.807) is 12.1 Å². The molecule has 0 spiro atoms. The molecular weight excluding hydrogens is 535 g/mol. The fourth-order valence-corrected chi connectivity index (χ4v) is 4.45. The summed E-state index contributed by atoms with van der Waals surface area (Å²) in [6, 6.07) is 20.4. The van der Waals surface area contributed by atoms with Crippen molar-refractivity contribution in [1.29, 1.82) is 0 Å². The molecule has 7 heteroatoms. The van der Waals surface area contributed by atoms with E-state index in [0.29, 0.717) is 23.7 Å². The summed E-state index contributed by atoms with van der Waals surface area (Å²) in [5.41, 5.74) is 2.79. The van der Waals surface area contributed by atoms with Gasteiger partial charge >= 0.3 is 0 Å². The van der Waals surface area contributed by atoms with Crippen LogP contribution < -0.4 is 10.1 Å². The standard InChI is InChI=1S/C30H34BrFN2O3/c1-20(2)24-12-15-28(26(31)17-24)37-19-29(35)34(18-23-10-13-25(32)14-11-23)27(30(36)33-21(3)4)16-22-8-6-5-7-9-22/h5-15,17,20-21,27H,16,18-19H2,1-4H3,(H,33,36)/t27-/m0/s1. The van der Waals surface area contributed by atoms with Crippen molar-refractivity contribution in [2.75, 3.05) is 6.61 Å². The number of amides is 2. The molecule has 5 nitrogen and oxygen atoms in total. The van der Waals surface area contributed by atoms with Crippen LogP contribution >= 0.6 is 15.9 Å². The maximum atomic E-state index is 13.6. The van der Waals surface area contributed by atoms with Gasteiger partial charge in [-0.3, -0.25) is 9.59 Å². The Morgan fingerprint density at radius 3 is 2.22 bits per heavy atom. The molecular formula is C30H34BrFN2O3. The molecule has 0 unspecified atom stereocenters. The molecule has 37 heavy (non-hydrogen) atoms. The Kier molecular flexibility index (Phi) is 10.3. The van der Waals surface area contributed by atoms with Crippen molar-refractivity contribution in [3.63, 3.8) is 0 Å². The lowest BCUT2D eigenvalue weighted by Gasteiger charge is -2.32. The van der Waals surface area contributed by atoms with Gasteiger partial charge in [-0.05, 0) is 76.7 Å². The van der Waals surface area contributed by atoms with Crippen molar-refractivity contribution in [2.45, 2.75) is 58.7 Å². The van der Waals surface area contributed by atoms with Crippen LogP contribution in [-0.4, -0.2) is 35.4 Å². The number of nitrogens with one attached hydrogen (secondary N) is 1. The average Bonchev–Trinajstić information content (AvgIpc) is 2.86. The van der Waals surface area contributed by atoms with Crippen molar-refractivity contribution >= 4 is 27.7 Å². The summed E-state index contributed by atoms with van der Waals surface area (Å²) in [6.45, 7) is 7.86. The van der Waals surface area contributed by atoms with Gasteiger partial charge in [-0.1, -0.05) is 62.4 Å². The molecule has 3 aromatic rings. The molecule has 0 fully saturated rings. The number of benzene rings is 3. The molecule has 2 amide bonds. The molecule has 0 aromatic heterocycles. The predicted octanol–water partition coefficient (Wildman–Crippen LogP) is 6.26. The molecule has 3 rings (SSSR count). The third kappa shape index (κ3) is 8.42. The van der Waals surface area contributed by atoms with Crippen LogP contribution in [0, 0.1) is 5.82 Å². The Morgan fingerprint density at radius 1 is 0.946 bits per heavy atom. The van der Waals surface area contributed by atoms with Gasteiger partial charge in [-0.2, -0.15) is 0 Å². The largest absolute Gasteiger partial charge is 0.483 e. The minimum absolute atomic E-state index is 0.0970. The minimum atomic E-state index is -0.780. The normalized spacial score (nSPS) is 11.9. The van der Waals surface area contributed by atoms with Gasteiger partial charge in [-0.15, -0.1) is 0 Å². The van der Waals surface area contributed by atoms with Gasteiger partial charge < -0.3 is 15.0 Å². The second-order valence-corrected chi connectivity index (χ2v) is 10.5. The van der Waals surface area contributed by atoms with Gasteiger partial charge in [0.25, 0.3) is 5.91 Å². The van der Waals surface area contributed by atoms with Crippen LogP contribution in [0.15, 0.2) is 77.3 Å². The number of halogens is 2. The lowest BCUT2D eigenvalue weighted by atomic mass is 10.0. The van der Waals surface area contributed by atoms with E-state index in [9.17, 15) is 14.0 Å². The topological polar surface area (TPSA) is 58.6 Å². The van der Waals surface area contributed by atoms with Crippen LogP contribution in [0.3, 0.4) is 0 Å². The van der Waals surface area contributed by atoms with Crippen molar-refractivity contribution in [3.8, 4) is 5.75 Å². The fraction of sp³-hybridized carbons (Fsp3) is 0.333. The molecule has 0 bridgehead atoms. The monoisotopic (exact) mass is 568 g/mol. The van der Waals surface area contributed by atoms with Crippen LogP contribution in [0.5, 0.6) is 5.75 Å². The number of ether oxygens (including phenoxy) is 1. The summed E-state index contributed by atoms with van der Waals surface area (Å²) in [6.07, 6.45) is 0.332. The number of hydrogen-bond acceptors (Lipinski definition) is 3. The molecule has 0 saturated carbocycles. The molecule has 1 N–H and O–H groups in total. The van der Waals surface area contributed by atoms with Crippen molar-refractivity contribution < 1.29 is 18.7 Å². The highest BCUT2D eigenvalue weighted by Crippen LogP contribution is 2.29. The van der Waals surface area contributed by atoms with E-state index in [-0.39, 0.29) is 36.8 Å². The number of nitrogens with zero attached hydrogens (tertiary/aromatic N) is 1. The molecule has 0 aliphatic carbocycles. The maximum Gasteiger partial charge on any atom is 0.261 e. The zero-order valence-corrected chi connectivity index (χ0v) is 23.3. The first-order valence-electron chi connectivity index (χ1n) is 12.4. The van der Waals surface area contributed by atoms with E-state index in [0.717, 1.165) is 15.6 Å². The molecule has 0 heterocycles. The average molecular weight is 570 g/mol. The predicted molar refractivity (Wildman–Crippen MR) is 148 cm³/mol. The Balaban J connectivity index is 1.90. The van der Waals surface area contributed by atoms with Crippen molar-refractivity contribution in [2.24, 2.45) is 0 Å². The van der Waals surface area contributed by atoms with E-state index in [1.807, 2.05) is 62.4 Å². The second kappa shape index (κ2) is 13.4. The quantitative estimate of drug-likeness (QED) is 0.297. The van der Waals surface area contributed by atoms with Crippen LogP contribution in [0.25, 0.3) is 0 Å². The first kappa shape index (κ1) is 28.4. The van der Waals surface area contributed by atoms with Gasteiger partial charge in [0.2, 0.25) is 5.91 Å². The van der Waals surface area contributed by atoms with Gasteiger partial charge in [0.1, 0.15) is 17.6 Å².